The summed E-state index contributed by atoms with van der Waals surface area (Å²) < 4.78 is 43.9. The maximum atomic E-state index is 13.2. The summed E-state index contributed by atoms with van der Waals surface area (Å²) in [6, 6.07) is 7.62. The van der Waals surface area contributed by atoms with Crippen LogP contribution in [0.2, 0.25) is 0 Å². The van der Waals surface area contributed by atoms with Gasteiger partial charge in [-0.15, -0.1) is 13.2 Å². The maximum absolute atomic E-state index is 13.2. The highest BCUT2D eigenvalue weighted by atomic mass is 32.2. The van der Waals surface area contributed by atoms with Crippen LogP contribution < -0.4 is 15.0 Å². The fraction of sp³-hybridized carbons (Fsp3) is 0.320. The lowest BCUT2D eigenvalue weighted by molar-refractivity contribution is -0.274. The first-order valence-corrected chi connectivity index (χ1v) is 11.7. The highest BCUT2D eigenvalue weighted by Crippen LogP contribution is 2.43. The van der Waals surface area contributed by atoms with Crippen molar-refractivity contribution in [1.29, 1.82) is 0 Å². The number of carbonyl (C=O) groups excluding carboxylic acids is 3. The number of allylic oxidation sites excluding steroid dienone is 1. The van der Waals surface area contributed by atoms with E-state index in [9.17, 15) is 27.6 Å². The number of aldehydes is 1. The number of hydrogen-bond donors (Lipinski definition) is 1. The molecule has 0 aliphatic carbocycles. The van der Waals surface area contributed by atoms with Crippen molar-refractivity contribution in [3.05, 3.63) is 51.9 Å². The maximum Gasteiger partial charge on any atom is 0.573 e. The zero-order chi connectivity index (χ0) is 25.9. The summed E-state index contributed by atoms with van der Waals surface area (Å²) in [5, 5.41) is 1.93. The molecule has 0 radical (unpaired) electrons. The third-order valence-corrected chi connectivity index (χ3v) is 6.49. The second-order valence-corrected chi connectivity index (χ2v) is 9.12. The van der Waals surface area contributed by atoms with E-state index in [1.54, 1.807) is 17.9 Å². The van der Waals surface area contributed by atoms with E-state index in [-0.39, 0.29) is 22.3 Å². The summed E-state index contributed by atoms with van der Waals surface area (Å²) in [4.78, 5) is 37.4. The van der Waals surface area contributed by atoms with Crippen molar-refractivity contribution in [2.45, 2.75) is 39.5 Å². The van der Waals surface area contributed by atoms with Gasteiger partial charge >= 0.3 is 6.36 Å². The molecule has 0 saturated carbocycles. The Balaban J connectivity index is 2.20. The van der Waals surface area contributed by atoms with Gasteiger partial charge in [0.05, 0.1) is 4.91 Å². The molecule has 6 nitrogen and oxygen atoms in total. The van der Waals surface area contributed by atoms with Gasteiger partial charge in [-0.2, -0.15) is 0 Å². The topological polar surface area (TPSA) is 75.7 Å². The van der Waals surface area contributed by atoms with E-state index in [4.69, 9.17) is 0 Å². The largest absolute Gasteiger partial charge is 0.573 e. The Labute approximate surface area is 205 Å². The molecule has 1 unspecified atom stereocenters. The van der Waals surface area contributed by atoms with Gasteiger partial charge < -0.3 is 15.0 Å². The molecule has 0 saturated heterocycles. The third kappa shape index (κ3) is 6.05. The van der Waals surface area contributed by atoms with Gasteiger partial charge in [-0.1, -0.05) is 19.1 Å². The van der Waals surface area contributed by atoms with Gasteiger partial charge in [0.15, 0.2) is 6.29 Å². The third-order valence-electron chi connectivity index (χ3n) is 5.65. The first kappa shape index (κ1) is 26.3. The molecule has 1 heterocycles. The summed E-state index contributed by atoms with van der Waals surface area (Å²) >= 11 is 0.669. The summed E-state index contributed by atoms with van der Waals surface area (Å²) in [6.45, 7) is 5.99. The number of nitrogens with zero attached hydrogens (tertiary/aromatic N) is 1. The molecule has 0 fully saturated rings. The predicted octanol–water partition coefficient (Wildman–Crippen LogP) is 6.03. The lowest BCUT2D eigenvalue weighted by atomic mass is 9.86. The Bertz CT molecular complexity index is 1190. The number of alkyl halides is 3. The second-order valence-electron chi connectivity index (χ2n) is 8.08. The molecule has 1 N–H and O–H groups in total. The van der Waals surface area contributed by atoms with E-state index in [1.165, 1.54) is 31.3 Å². The molecular weight excluding hydrogens is 481 g/mol. The number of halogens is 3. The Morgan fingerprint density at radius 3 is 2.57 bits per heavy atom. The first-order valence-electron chi connectivity index (χ1n) is 10.9. The van der Waals surface area contributed by atoms with Crippen LogP contribution in [0.3, 0.4) is 0 Å². The van der Waals surface area contributed by atoms with Gasteiger partial charge in [-0.3, -0.25) is 14.4 Å². The Morgan fingerprint density at radius 2 is 1.97 bits per heavy atom. The van der Waals surface area contributed by atoms with Crippen LogP contribution in [0.1, 0.15) is 42.9 Å². The molecule has 1 aliphatic heterocycles. The molecule has 0 bridgehead atoms. The van der Waals surface area contributed by atoms with E-state index in [0.29, 0.717) is 53.4 Å². The number of aryl methyl sites for hydroxylation is 1. The smallest absolute Gasteiger partial charge is 0.405 e. The molecule has 0 aromatic heterocycles. The number of benzene rings is 2. The highest BCUT2D eigenvalue weighted by molar-refractivity contribution is 8.17. The second kappa shape index (κ2) is 10.6. The van der Waals surface area contributed by atoms with E-state index in [2.05, 4.69) is 10.1 Å². The zero-order valence-electron chi connectivity index (χ0n) is 19.7. The lowest BCUT2D eigenvalue weighted by Gasteiger charge is -2.33. The lowest BCUT2D eigenvalue weighted by Crippen LogP contribution is -2.36. The van der Waals surface area contributed by atoms with Crippen molar-refractivity contribution in [3.63, 3.8) is 0 Å². The predicted molar refractivity (Wildman–Crippen MR) is 130 cm³/mol. The van der Waals surface area contributed by atoms with Crippen molar-refractivity contribution in [3.8, 4) is 16.9 Å². The van der Waals surface area contributed by atoms with Crippen LogP contribution in [0.4, 0.5) is 23.7 Å². The van der Waals surface area contributed by atoms with Gasteiger partial charge in [0.2, 0.25) is 5.91 Å². The number of anilines is 1. The van der Waals surface area contributed by atoms with Crippen LogP contribution in [-0.2, 0) is 9.59 Å². The Kier molecular flexibility index (Phi) is 7.94. The molecule has 2 amide bonds. The van der Waals surface area contributed by atoms with Crippen molar-refractivity contribution in [2.75, 3.05) is 18.5 Å². The molecule has 35 heavy (non-hydrogen) atoms. The molecule has 3 rings (SSSR count). The highest BCUT2D eigenvalue weighted by Gasteiger charge is 2.33. The summed E-state index contributed by atoms with van der Waals surface area (Å²) in [6.07, 6.45) is -2.65. The summed E-state index contributed by atoms with van der Waals surface area (Å²) in [7, 11) is 1.42. The molecule has 10 heteroatoms. The van der Waals surface area contributed by atoms with Crippen LogP contribution in [0, 0.1) is 6.92 Å². The average molecular weight is 507 g/mol. The van der Waals surface area contributed by atoms with E-state index in [1.807, 2.05) is 19.9 Å². The Hall–Kier alpha value is -3.27. The van der Waals surface area contributed by atoms with Gasteiger partial charge in [-0.05, 0) is 78.1 Å². The number of nitrogens with one attached hydrogen (secondary N) is 1. The minimum absolute atomic E-state index is 0.0231. The van der Waals surface area contributed by atoms with Gasteiger partial charge in [0.1, 0.15) is 5.75 Å². The number of ether oxygens (including phenoxy) is 1. The minimum Gasteiger partial charge on any atom is -0.405 e. The monoisotopic (exact) mass is 506 g/mol. The van der Waals surface area contributed by atoms with E-state index >= 15 is 0 Å². The minimum atomic E-state index is -4.92. The normalized spacial score (nSPS) is 16.1. The van der Waals surface area contributed by atoms with Crippen molar-refractivity contribution in [1.82, 2.24) is 5.32 Å². The number of hydrogen-bond acceptors (Lipinski definition) is 5. The van der Waals surface area contributed by atoms with Crippen molar-refractivity contribution >= 4 is 41.0 Å². The summed E-state index contributed by atoms with van der Waals surface area (Å²) in [5.41, 5.74) is 3.33. The first-order chi connectivity index (χ1) is 16.5. The average Bonchev–Trinajstić information content (AvgIpc) is 2.79. The van der Waals surface area contributed by atoms with Crippen LogP contribution in [0.25, 0.3) is 17.2 Å². The molecular formula is C25H25F3N2O4S. The van der Waals surface area contributed by atoms with Crippen LogP contribution in [0.5, 0.6) is 5.75 Å². The Morgan fingerprint density at radius 1 is 1.26 bits per heavy atom. The van der Waals surface area contributed by atoms with E-state index < -0.39 is 17.4 Å². The van der Waals surface area contributed by atoms with Crippen LogP contribution >= 0.6 is 11.8 Å². The number of amides is 2. The van der Waals surface area contributed by atoms with Crippen LogP contribution in [0.15, 0.2) is 35.2 Å². The van der Waals surface area contributed by atoms with Gasteiger partial charge in [0.25, 0.3) is 5.24 Å². The fourth-order valence-corrected chi connectivity index (χ4v) is 4.63. The molecule has 0 spiro atoms. The quantitative estimate of drug-likeness (QED) is 0.382. The van der Waals surface area contributed by atoms with Crippen LogP contribution in [-0.4, -0.2) is 37.4 Å². The SMILES string of the molecule is CCN1C(=O)CC(C)c2cc(C)c(-c3cc(/C=C(/C=O)SC(=O)NC)ccc3OC(F)(F)F)cc21. The molecule has 1 aliphatic rings. The fourth-order valence-electron chi connectivity index (χ4n) is 4.07. The zero-order valence-corrected chi connectivity index (χ0v) is 20.5. The number of carbonyl (C=O) groups is 3. The van der Waals surface area contributed by atoms with Crippen molar-refractivity contribution in [2.24, 2.45) is 0 Å². The van der Waals surface area contributed by atoms with Crippen molar-refractivity contribution < 1.29 is 32.3 Å². The molecule has 186 valence electrons. The molecule has 2 aromatic rings. The van der Waals surface area contributed by atoms with Gasteiger partial charge in [-0.25, -0.2) is 0 Å². The van der Waals surface area contributed by atoms with Gasteiger partial charge in [0, 0.05) is 31.3 Å². The molecule has 2 aromatic carbocycles. The standard InChI is InChI=1S/C25H25F3N2O4S/c1-5-30-21-12-18(14(2)8-19(21)15(3)9-23(30)32)20-11-16(6-7-22(20)34-25(26,27)28)10-17(13-31)35-24(33)29-4/h6-8,10-13,15H,5,9H2,1-4H3,(H,29,33)/b17-10-. The number of thioether (sulfide) groups is 1. The van der Waals surface area contributed by atoms with E-state index in [0.717, 1.165) is 5.56 Å². The number of rotatable bonds is 6. The summed E-state index contributed by atoms with van der Waals surface area (Å²) in [5.74, 6) is -0.486. The number of fused-ring (bicyclic) bond motifs is 1. The molecule has 1 atom stereocenters.